The van der Waals surface area contributed by atoms with Crippen LogP contribution in [0.1, 0.15) is 30.1 Å². The molecule has 0 aliphatic carbocycles. The summed E-state index contributed by atoms with van der Waals surface area (Å²) in [5, 5.41) is 3.43. The molecule has 1 aromatic heterocycles. The fraction of sp³-hybridized carbons (Fsp3) is 0.400. The largest absolute Gasteiger partial charge is 0.333 e. The number of nitrogens with zero attached hydrogens (tertiary/aromatic N) is 2. The summed E-state index contributed by atoms with van der Waals surface area (Å²) >= 11 is 0. The molecular formula is C15H17F2N3. The number of imidazole rings is 1. The molecule has 0 saturated carbocycles. The van der Waals surface area contributed by atoms with Crippen molar-refractivity contribution in [3.8, 4) is 0 Å². The molecule has 3 rings (SSSR count). The molecule has 0 spiro atoms. The van der Waals surface area contributed by atoms with Crippen molar-refractivity contribution in [1.29, 1.82) is 0 Å². The average Bonchev–Trinajstić information content (AvgIpc) is 3.06. The van der Waals surface area contributed by atoms with Crippen LogP contribution in [0.25, 0.3) is 0 Å². The van der Waals surface area contributed by atoms with E-state index in [0.29, 0.717) is 24.6 Å². The number of aryl methyl sites for hydroxylation is 2. The van der Waals surface area contributed by atoms with Crippen molar-refractivity contribution in [3.63, 3.8) is 0 Å². The highest BCUT2D eigenvalue weighted by Crippen LogP contribution is 2.22. The zero-order valence-electron chi connectivity index (χ0n) is 11.1. The van der Waals surface area contributed by atoms with E-state index in [9.17, 15) is 8.78 Å². The maximum absolute atomic E-state index is 13.1. The van der Waals surface area contributed by atoms with Gasteiger partial charge in [-0.15, -0.1) is 0 Å². The Balaban J connectivity index is 1.70. The number of nitrogens with one attached hydrogen (secondary N) is 1. The molecular weight excluding hydrogens is 260 g/mol. The quantitative estimate of drug-likeness (QED) is 0.931. The minimum atomic E-state index is -0.525. The van der Waals surface area contributed by atoms with Crippen molar-refractivity contribution in [2.24, 2.45) is 0 Å². The third-order valence-electron chi connectivity index (χ3n) is 3.73. The predicted molar refractivity (Wildman–Crippen MR) is 72.3 cm³/mol. The molecule has 0 unspecified atom stereocenters. The van der Waals surface area contributed by atoms with Gasteiger partial charge in [-0.1, -0.05) is 0 Å². The average molecular weight is 277 g/mol. The number of aromatic nitrogens is 2. The highest BCUT2D eigenvalue weighted by molar-refractivity contribution is 5.18. The van der Waals surface area contributed by atoms with Gasteiger partial charge in [0.05, 0.1) is 12.0 Å². The van der Waals surface area contributed by atoms with Crippen molar-refractivity contribution in [3.05, 3.63) is 53.6 Å². The number of benzene rings is 1. The van der Waals surface area contributed by atoms with Gasteiger partial charge >= 0.3 is 0 Å². The van der Waals surface area contributed by atoms with Crippen LogP contribution in [0.15, 0.2) is 30.7 Å². The van der Waals surface area contributed by atoms with Gasteiger partial charge in [0, 0.05) is 24.8 Å². The Morgan fingerprint density at radius 2 is 2.05 bits per heavy atom. The van der Waals surface area contributed by atoms with Crippen molar-refractivity contribution in [2.45, 2.75) is 31.8 Å². The lowest BCUT2D eigenvalue weighted by atomic mass is 10.1. The van der Waals surface area contributed by atoms with Gasteiger partial charge in [0.1, 0.15) is 11.6 Å². The summed E-state index contributed by atoms with van der Waals surface area (Å²) in [5.41, 5.74) is 1.82. The summed E-state index contributed by atoms with van der Waals surface area (Å²) < 4.78 is 28.4. The molecule has 106 valence electrons. The minimum absolute atomic E-state index is 0.349. The summed E-state index contributed by atoms with van der Waals surface area (Å²) in [6.07, 6.45) is 6.52. The third kappa shape index (κ3) is 2.88. The highest BCUT2D eigenvalue weighted by Gasteiger charge is 2.19. The molecule has 1 aliphatic heterocycles. The van der Waals surface area contributed by atoms with Gasteiger partial charge in [-0.25, -0.2) is 13.8 Å². The molecule has 20 heavy (non-hydrogen) atoms. The topological polar surface area (TPSA) is 29.9 Å². The second-order valence-electron chi connectivity index (χ2n) is 5.19. The lowest BCUT2D eigenvalue weighted by Gasteiger charge is -2.14. The second kappa shape index (κ2) is 5.71. The Kier molecular flexibility index (Phi) is 3.78. The van der Waals surface area contributed by atoms with Crippen LogP contribution >= 0.6 is 0 Å². The van der Waals surface area contributed by atoms with E-state index >= 15 is 0 Å². The van der Waals surface area contributed by atoms with Gasteiger partial charge in [-0.3, -0.25) is 0 Å². The van der Waals surface area contributed by atoms with Crippen LogP contribution in [0.3, 0.4) is 0 Å². The first-order valence-corrected chi connectivity index (χ1v) is 6.91. The third-order valence-corrected chi connectivity index (χ3v) is 3.73. The van der Waals surface area contributed by atoms with Gasteiger partial charge in [-0.2, -0.15) is 0 Å². The van der Waals surface area contributed by atoms with Crippen molar-refractivity contribution in [1.82, 2.24) is 14.9 Å². The molecule has 1 saturated heterocycles. The SMILES string of the molecule is Fc1cc(F)cc(CCn2cncc2[C@@H]2CCCN2)c1. The normalized spacial score (nSPS) is 18.6. The zero-order valence-corrected chi connectivity index (χ0v) is 11.1. The molecule has 1 aliphatic rings. The summed E-state index contributed by atoms with van der Waals surface area (Å²) in [6.45, 7) is 1.71. The fourth-order valence-corrected chi connectivity index (χ4v) is 2.75. The van der Waals surface area contributed by atoms with Crippen LogP contribution in [0, 0.1) is 11.6 Å². The molecule has 1 atom stereocenters. The number of halogens is 2. The van der Waals surface area contributed by atoms with Crippen LogP contribution in [-0.4, -0.2) is 16.1 Å². The molecule has 5 heteroatoms. The summed E-state index contributed by atoms with van der Waals surface area (Å²) in [4.78, 5) is 4.19. The Morgan fingerprint density at radius 3 is 2.75 bits per heavy atom. The lowest BCUT2D eigenvalue weighted by Crippen LogP contribution is -2.17. The van der Waals surface area contributed by atoms with E-state index in [1.165, 1.54) is 18.6 Å². The van der Waals surface area contributed by atoms with Gasteiger partial charge in [0.2, 0.25) is 0 Å². The van der Waals surface area contributed by atoms with E-state index < -0.39 is 11.6 Å². The molecule has 0 bridgehead atoms. The Morgan fingerprint density at radius 1 is 1.25 bits per heavy atom. The molecule has 1 fully saturated rings. The fourth-order valence-electron chi connectivity index (χ4n) is 2.75. The van der Waals surface area contributed by atoms with Crippen LogP contribution in [0.5, 0.6) is 0 Å². The molecule has 3 nitrogen and oxygen atoms in total. The van der Waals surface area contributed by atoms with Crippen molar-refractivity contribution < 1.29 is 8.78 Å². The second-order valence-corrected chi connectivity index (χ2v) is 5.19. The predicted octanol–water partition coefficient (Wildman–Crippen LogP) is 2.83. The Labute approximate surface area is 116 Å². The molecule has 1 N–H and O–H groups in total. The van der Waals surface area contributed by atoms with Crippen LogP contribution in [0.4, 0.5) is 8.78 Å². The Hall–Kier alpha value is -1.75. The van der Waals surface area contributed by atoms with Crippen molar-refractivity contribution in [2.75, 3.05) is 6.54 Å². The maximum Gasteiger partial charge on any atom is 0.126 e. The van der Waals surface area contributed by atoms with Gasteiger partial charge in [0.25, 0.3) is 0 Å². The van der Waals surface area contributed by atoms with Gasteiger partial charge in [-0.05, 0) is 43.5 Å². The van der Waals surface area contributed by atoms with E-state index in [-0.39, 0.29) is 0 Å². The van der Waals surface area contributed by atoms with Crippen molar-refractivity contribution >= 4 is 0 Å². The van der Waals surface area contributed by atoms with Gasteiger partial charge < -0.3 is 9.88 Å². The van der Waals surface area contributed by atoms with E-state index in [1.54, 1.807) is 6.33 Å². The maximum atomic E-state index is 13.1. The summed E-state index contributed by atoms with van der Waals surface area (Å²) in [6, 6.07) is 4.01. The van der Waals surface area contributed by atoms with Gasteiger partial charge in [0.15, 0.2) is 0 Å². The molecule has 1 aromatic carbocycles. The van der Waals surface area contributed by atoms with E-state index in [1.807, 2.05) is 6.20 Å². The first-order chi connectivity index (χ1) is 9.72. The summed E-state index contributed by atoms with van der Waals surface area (Å²) in [7, 11) is 0. The van der Waals surface area contributed by atoms with Crippen LogP contribution < -0.4 is 5.32 Å². The van der Waals surface area contributed by atoms with Crippen LogP contribution in [0.2, 0.25) is 0 Å². The minimum Gasteiger partial charge on any atom is -0.333 e. The van der Waals surface area contributed by atoms with E-state index in [0.717, 1.165) is 24.7 Å². The van der Waals surface area contributed by atoms with Crippen LogP contribution in [-0.2, 0) is 13.0 Å². The first-order valence-electron chi connectivity index (χ1n) is 6.91. The standard InChI is InChI=1S/C15H17F2N3/c16-12-6-11(7-13(17)8-12)3-5-20-10-18-9-15(20)14-2-1-4-19-14/h6-10,14,19H,1-5H2/t14-/m0/s1. The zero-order chi connectivity index (χ0) is 13.9. The monoisotopic (exact) mass is 277 g/mol. The molecule has 0 radical (unpaired) electrons. The number of hydrogen-bond donors (Lipinski definition) is 1. The Bertz CT molecular complexity index is 568. The highest BCUT2D eigenvalue weighted by atomic mass is 19.1. The van der Waals surface area contributed by atoms with E-state index in [2.05, 4.69) is 14.9 Å². The first kappa shape index (κ1) is 13.2. The molecule has 0 amide bonds. The summed E-state index contributed by atoms with van der Waals surface area (Å²) in [5.74, 6) is -1.05. The number of hydrogen-bond acceptors (Lipinski definition) is 2. The lowest BCUT2D eigenvalue weighted by molar-refractivity contribution is 0.555. The number of rotatable bonds is 4. The molecule has 2 heterocycles. The van der Waals surface area contributed by atoms with E-state index in [4.69, 9.17) is 0 Å². The molecule has 2 aromatic rings. The smallest absolute Gasteiger partial charge is 0.126 e.